The van der Waals surface area contributed by atoms with Gasteiger partial charge in [-0.3, -0.25) is 5.32 Å². The van der Waals surface area contributed by atoms with Crippen LogP contribution in [0.4, 0.5) is 23.1 Å². The lowest BCUT2D eigenvalue weighted by atomic mass is 10.2. The Kier molecular flexibility index (Phi) is 3.81. The van der Waals surface area contributed by atoms with Gasteiger partial charge in [0.1, 0.15) is 10.6 Å². The zero-order chi connectivity index (χ0) is 15.7. The minimum Gasteiger partial charge on any atom is -0.467 e. The second-order valence-corrected chi connectivity index (χ2v) is 5.86. The lowest BCUT2D eigenvalue weighted by Gasteiger charge is -2.22. The van der Waals surface area contributed by atoms with E-state index in [1.807, 2.05) is 0 Å². The van der Waals surface area contributed by atoms with Gasteiger partial charge >= 0.3 is 12.2 Å². The van der Waals surface area contributed by atoms with E-state index in [0.717, 1.165) is 12.8 Å². The van der Waals surface area contributed by atoms with E-state index < -0.39 is 17.1 Å². The van der Waals surface area contributed by atoms with Gasteiger partial charge in [-0.15, -0.1) is 0 Å². The Morgan fingerprint density at radius 3 is 2.95 bits per heavy atom. The van der Waals surface area contributed by atoms with Gasteiger partial charge in [0, 0.05) is 6.54 Å². The van der Waals surface area contributed by atoms with Gasteiger partial charge in [0.25, 0.3) is 0 Å². The number of aromatic nitrogens is 1. The molecule has 118 valence electrons. The van der Waals surface area contributed by atoms with Crippen LogP contribution in [0.3, 0.4) is 0 Å². The van der Waals surface area contributed by atoms with Crippen LogP contribution in [-0.2, 0) is 6.18 Å². The fraction of sp³-hybridized carbons (Fsp3) is 0.385. The molecule has 2 aromatic rings. The number of carbonyl (C=O) groups excluding carboxylic acids is 1. The maximum Gasteiger partial charge on any atom is 0.427 e. The molecule has 1 fully saturated rings. The fourth-order valence-electron chi connectivity index (χ4n) is 2.41. The van der Waals surface area contributed by atoms with Crippen molar-refractivity contribution in [1.82, 2.24) is 9.88 Å². The number of carbonyl (C=O) groups is 1. The number of nitrogens with zero attached hydrogens (tertiary/aromatic N) is 2. The van der Waals surface area contributed by atoms with E-state index in [-0.39, 0.29) is 11.2 Å². The summed E-state index contributed by atoms with van der Waals surface area (Å²) in [6.45, 7) is 0.523. The molecule has 5 nitrogen and oxygen atoms in total. The van der Waals surface area contributed by atoms with E-state index in [9.17, 15) is 18.0 Å². The normalized spacial score (nSPS) is 18.7. The van der Waals surface area contributed by atoms with Gasteiger partial charge in [-0.2, -0.15) is 13.2 Å². The first-order valence-electron chi connectivity index (χ1n) is 6.59. The molecule has 0 saturated carbocycles. The lowest BCUT2D eigenvalue weighted by molar-refractivity contribution is -0.134. The molecule has 0 aromatic carbocycles. The lowest BCUT2D eigenvalue weighted by Crippen LogP contribution is -2.34. The van der Waals surface area contributed by atoms with Crippen LogP contribution in [0.2, 0.25) is 0 Å². The molecule has 0 bridgehead atoms. The van der Waals surface area contributed by atoms with Gasteiger partial charge in [0.15, 0.2) is 5.13 Å². The van der Waals surface area contributed by atoms with Crippen molar-refractivity contribution in [2.75, 3.05) is 11.9 Å². The van der Waals surface area contributed by atoms with Gasteiger partial charge in [0.05, 0.1) is 18.5 Å². The number of urea groups is 1. The minimum absolute atomic E-state index is 0.0672. The molecule has 1 aliphatic heterocycles. The van der Waals surface area contributed by atoms with E-state index in [4.69, 9.17) is 4.42 Å². The van der Waals surface area contributed by atoms with Crippen molar-refractivity contribution in [3.05, 3.63) is 35.2 Å². The van der Waals surface area contributed by atoms with Crippen molar-refractivity contribution < 1.29 is 22.4 Å². The highest BCUT2D eigenvalue weighted by atomic mass is 32.1. The standard InChI is InChI=1S/C13H12F3N3O2S/c14-13(15,16)10-7-17-11(22-10)18-12(20)19-5-1-3-8(19)9-4-2-6-21-9/h2,4,6-8H,1,3,5H2,(H,17,18,20)/t8-/m0/s1. The summed E-state index contributed by atoms with van der Waals surface area (Å²) in [6.07, 6.45) is -0.642. The topological polar surface area (TPSA) is 58.4 Å². The molecule has 0 aliphatic carbocycles. The molecule has 1 saturated heterocycles. The summed E-state index contributed by atoms with van der Waals surface area (Å²) in [7, 11) is 0. The molecule has 22 heavy (non-hydrogen) atoms. The Balaban J connectivity index is 1.70. The predicted octanol–water partition coefficient (Wildman–Crippen LogP) is 4.12. The Bertz CT molecular complexity index is 654. The third-order valence-electron chi connectivity index (χ3n) is 3.38. The van der Waals surface area contributed by atoms with Crippen molar-refractivity contribution in [3.63, 3.8) is 0 Å². The van der Waals surface area contributed by atoms with Crippen molar-refractivity contribution >= 4 is 22.5 Å². The van der Waals surface area contributed by atoms with E-state index >= 15 is 0 Å². The largest absolute Gasteiger partial charge is 0.467 e. The Labute approximate surface area is 127 Å². The summed E-state index contributed by atoms with van der Waals surface area (Å²) in [4.78, 5) is 16.5. The quantitative estimate of drug-likeness (QED) is 0.900. The highest BCUT2D eigenvalue weighted by Crippen LogP contribution is 2.36. The number of thiazole rings is 1. The molecule has 3 heterocycles. The number of likely N-dealkylation sites (tertiary alicyclic amines) is 1. The number of anilines is 1. The first-order chi connectivity index (χ1) is 10.4. The number of amides is 2. The summed E-state index contributed by atoms with van der Waals surface area (Å²) in [5.74, 6) is 0.669. The number of nitrogens with one attached hydrogen (secondary N) is 1. The van der Waals surface area contributed by atoms with Crippen LogP contribution in [0.1, 0.15) is 29.5 Å². The molecule has 2 aromatic heterocycles. The van der Waals surface area contributed by atoms with Crippen LogP contribution in [0.25, 0.3) is 0 Å². The SMILES string of the molecule is O=C(Nc1ncc(C(F)(F)F)s1)N1CCC[C@H]1c1ccco1. The first kappa shape index (κ1) is 14.9. The molecule has 1 aliphatic rings. The van der Waals surface area contributed by atoms with Crippen molar-refractivity contribution in [2.24, 2.45) is 0 Å². The predicted molar refractivity (Wildman–Crippen MR) is 73.5 cm³/mol. The third kappa shape index (κ3) is 2.94. The number of rotatable bonds is 2. The van der Waals surface area contributed by atoms with Crippen molar-refractivity contribution in [1.29, 1.82) is 0 Å². The van der Waals surface area contributed by atoms with E-state index in [1.165, 1.54) is 6.26 Å². The van der Waals surface area contributed by atoms with Gasteiger partial charge < -0.3 is 9.32 Å². The van der Waals surface area contributed by atoms with Crippen LogP contribution < -0.4 is 5.32 Å². The minimum atomic E-state index is -4.45. The number of halogens is 3. The van der Waals surface area contributed by atoms with Crippen molar-refractivity contribution in [2.45, 2.75) is 25.1 Å². The molecule has 0 unspecified atom stereocenters. The maximum atomic E-state index is 12.5. The summed E-state index contributed by atoms with van der Waals surface area (Å²) >= 11 is 0.407. The van der Waals surface area contributed by atoms with Crippen LogP contribution >= 0.6 is 11.3 Å². The Morgan fingerprint density at radius 2 is 2.32 bits per heavy atom. The molecular weight excluding hydrogens is 319 g/mol. The number of hydrogen-bond acceptors (Lipinski definition) is 4. The van der Waals surface area contributed by atoms with Crippen LogP contribution in [0.5, 0.6) is 0 Å². The maximum absolute atomic E-state index is 12.5. The smallest absolute Gasteiger partial charge is 0.427 e. The summed E-state index contributed by atoms with van der Waals surface area (Å²) in [6, 6.07) is 2.85. The molecule has 0 spiro atoms. The van der Waals surface area contributed by atoms with Crippen LogP contribution in [0, 0.1) is 0 Å². The van der Waals surface area contributed by atoms with Crippen LogP contribution in [-0.4, -0.2) is 22.5 Å². The van der Waals surface area contributed by atoms with Gasteiger partial charge in [-0.05, 0) is 25.0 Å². The highest BCUT2D eigenvalue weighted by molar-refractivity contribution is 7.15. The molecule has 2 amide bonds. The van der Waals surface area contributed by atoms with E-state index in [0.29, 0.717) is 29.8 Å². The second kappa shape index (κ2) is 5.64. The average Bonchev–Trinajstić information content (AvgIpc) is 3.18. The molecular formula is C13H12F3N3O2S. The van der Waals surface area contributed by atoms with Gasteiger partial charge in [-0.1, -0.05) is 11.3 Å². The number of hydrogen-bond donors (Lipinski definition) is 1. The van der Waals surface area contributed by atoms with E-state index in [1.54, 1.807) is 17.0 Å². The molecule has 1 atom stereocenters. The monoisotopic (exact) mass is 331 g/mol. The summed E-state index contributed by atoms with van der Waals surface area (Å²) < 4.78 is 42.9. The Hall–Kier alpha value is -2.03. The van der Waals surface area contributed by atoms with Gasteiger partial charge in [-0.25, -0.2) is 9.78 Å². The van der Waals surface area contributed by atoms with Crippen molar-refractivity contribution in [3.8, 4) is 0 Å². The van der Waals surface area contributed by atoms with Crippen LogP contribution in [0.15, 0.2) is 29.0 Å². The Morgan fingerprint density at radius 1 is 1.50 bits per heavy atom. The molecule has 1 N–H and O–H groups in total. The molecule has 0 radical (unpaired) electrons. The zero-order valence-electron chi connectivity index (χ0n) is 11.3. The average molecular weight is 331 g/mol. The zero-order valence-corrected chi connectivity index (χ0v) is 12.1. The third-order valence-corrected chi connectivity index (χ3v) is 4.34. The van der Waals surface area contributed by atoms with E-state index in [2.05, 4.69) is 10.3 Å². The summed E-state index contributed by atoms with van der Waals surface area (Å²) in [5.41, 5.74) is 0. The highest BCUT2D eigenvalue weighted by Gasteiger charge is 2.35. The first-order valence-corrected chi connectivity index (χ1v) is 7.41. The number of furan rings is 1. The number of alkyl halides is 3. The van der Waals surface area contributed by atoms with Gasteiger partial charge in [0.2, 0.25) is 0 Å². The molecule has 3 rings (SSSR count). The summed E-state index contributed by atoms with van der Waals surface area (Å²) in [5, 5.41) is 2.35. The molecule has 9 heteroatoms. The second-order valence-electron chi connectivity index (χ2n) is 4.82. The fourth-order valence-corrected chi connectivity index (χ4v) is 3.09.